The van der Waals surface area contributed by atoms with Gasteiger partial charge in [-0.1, -0.05) is 6.92 Å². The van der Waals surface area contributed by atoms with Gasteiger partial charge in [-0.2, -0.15) is 0 Å². The lowest BCUT2D eigenvalue weighted by atomic mass is 10.0. The highest BCUT2D eigenvalue weighted by molar-refractivity contribution is 6.04. The zero-order valence-corrected chi connectivity index (χ0v) is 29.0. The number of alkyl halides is 1. The third-order valence-corrected chi connectivity index (χ3v) is 6.57. The Morgan fingerprint density at radius 2 is 1.81 bits per heavy atom. The van der Waals surface area contributed by atoms with Gasteiger partial charge < -0.3 is 44.6 Å². The van der Waals surface area contributed by atoms with Gasteiger partial charge >= 0.3 is 12.2 Å². The number of nitrogens with two attached hydrogens (primary N) is 1. The van der Waals surface area contributed by atoms with Gasteiger partial charge in [0.2, 0.25) is 12.7 Å². The quantitative estimate of drug-likeness (QED) is 0.0493. The lowest BCUT2D eigenvalue weighted by Crippen LogP contribution is -2.35. The van der Waals surface area contributed by atoms with Crippen LogP contribution in [0.15, 0.2) is 59.9 Å². The van der Waals surface area contributed by atoms with Gasteiger partial charge in [-0.05, 0) is 56.7 Å². The fraction of sp³-hybridized carbons (Fsp3) is 0.394. The van der Waals surface area contributed by atoms with Crippen LogP contribution < -0.4 is 31.2 Å². The molecule has 52 heavy (non-hydrogen) atoms. The average Bonchev–Trinajstić information content (AvgIpc) is 3.13. The highest BCUT2D eigenvalue weighted by Crippen LogP contribution is 2.34. The molecule has 282 valence electrons. The first-order chi connectivity index (χ1) is 24.9. The number of amidine groups is 2. The van der Waals surface area contributed by atoms with Crippen molar-refractivity contribution in [1.29, 1.82) is 5.41 Å². The Morgan fingerprint density at radius 3 is 2.44 bits per heavy atom. The molecule has 2 atom stereocenters. The Morgan fingerprint density at radius 1 is 1.10 bits per heavy atom. The highest BCUT2D eigenvalue weighted by atomic mass is 19.1. The number of nitrogens with one attached hydrogen (secondary N) is 4. The summed E-state index contributed by atoms with van der Waals surface area (Å²) in [5.74, 6) is -1.12. The molecule has 0 spiro atoms. The Labute approximate surface area is 298 Å². The third kappa shape index (κ3) is 12.8. The highest BCUT2D eigenvalue weighted by Gasteiger charge is 2.28. The molecule has 0 bridgehead atoms. The average molecular weight is 733 g/mol. The molecule has 3 aromatic rings. The standard InChI is InChI=1S/C33H42F2N8O9/c1-5-14-49-31(45)42-27(36)20-7-9-21(10-8-20)40-26(23-16-22(47-4)17-24(25(23)35)48-15-13-44)28(37)41-30(43-29-38-11-6-12-39-29)50-19-51-32(46)52-33(2,3)18-34/h6-12,16-17,26,28,40,44H,5,13-15,18-19,37H2,1-4H3,(H2,36,42,45)(H,38,39,41,43)/t26-,28?/m1/s1. The molecule has 0 fully saturated rings. The van der Waals surface area contributed by atoms with Crippen LogP contribution >= 0.6 is 0 Å². The lowest BCUT2D eigenvalue weighted by Gasteiger charge is -2.26. The molecule has 17 nitrogen and oxygen atoms in total. The van der Waals surface area contributed by atoms with E-state index in [4.69, 9.17) is 39.6 Å². The minimum Gasteiger partial charge on any atom is -0.497 e. The minimum absolute atomic E-state index is 0.0107. The van der Waals surface area contributed by atoms with Crippen molar-refractivity contribution in [3.63, 3.8) is 0 Å². The molecule has 3 rings (SSSR count). The number of aliphatic imine (C=N–C) groups is 1. The monoisotopic (exact) mass is 732 g/mol. The van der Waals surface area contributed by atoms with Gasteiger partial charge in [-0.15, -0.1) is 0 Å². The van der Waals surface area contributed by atoms with Crippen LogP contribution in [0.25, 0.3) is 0 Å². The molecule has 0 saturated heterocycles. The van der Waals surface area contributed by atoms with E-state index < -0.39 is 55.9 Å². The number of hydrogen-bond acceptors (Lipinski definition) is 15. The van der Waals surface area contributed by atoms with Crippen molar-refractivity contribution in [2.24, 2.45) is 10.7 Å². The number of alkyl carbamates (subject to hydrolysis) is 1. The summed E-state index contributed by atoms with van der Waals surface area (Å²) in [4.78, 5) is 36.5. The summed E-state index contributed by atoms with van der Waals surface area (Å²) in [5.41, 5.74) is 5.79. The summed E-state index contributed by atoms with van der Waals surface area (Å²) in [6, 6.07) is 8.80. The van der Waals surface area contributed by atoms with Crippen LogP contribution in [-0.2, 0) is 18.9 Å². The molecule has 7 N–H and O–H groups in total. The van der Waals surface area contributed by atoms with Crippen LogP contribution in [0.5, 0.6) is 11.5 Å². The first kappa shape index (κ1) is 40.6. The number of aliphatic hydroxyl groups excluding tert-OH is 1. The Hall–Kier alpha value is -5.82. The molecule has 1 aromatic heterocycles. The molecule has 0 aliphatic carbocycles. The van der Waals surface area contributed by atoms with E-state index in [-0.39, 0.29) is 48.1 Å². The van der Waals surface area contributed by atoms with E-state index >= 15 is 4.39 Å². The van der Waals surface area contributed by atoms with Crippen molar-refractivity contribution in [2.45, 2.75) is 45.0 Å². The van der Waals surface area contributed by atoms with Gasteiger partial charge in [0.15, 0.2) is 11.6 Å². The number of methoxy groups -OCH3 is 1. The van der Waals surface area contributed by atoms with E-state index in [9.17, 15) is 19.1 Å². The van der Waals surface area contributed by atoms with Crippen LogP contribution in [0.2, 0.25) is 0 Å². The van der Waals surface area contributed by atoms with Gasteiger partial charge in [0, 0.05) is 35.3 Å². The van der Waals surface area contributed by atoms with Crippen LogP contribution in [-0.4, -0.2) is 91.3 Å². The van der Waals surface area contributed by atoms with E-state index in [2.05, 4.69) is 30.9 Å². The number of hydrogen-bond donors (Lipinski definition) is 6. The minimum atomic E-state index is -1.44. The molecule has 0 aliphatic heterocycles. The normalized spacial score (nSPS) is 12.5. The number of halogens is 2. The molecule has 0 saturated carbocycles. The number of carbonyl (C=O) groups is 2. The van der Waals surface area contributed by atoms with Gasteiger partial charge in [-0.3, -0.25) is 16.0 Å². The SMILES string of the molecule is CCCOC(=O)NC(=N)c1ccc(N[C@H](c2cc(OC)cc(OCCO)c2F)C(N)/N=C(\Nc2ncccn2)OCOC(=O)OC(C)(C)CF)cc1. The summed E-state index contributed by atoms with van der Waals surface area (Å²) < 4.78 is 60.3. The van der Waals surface area contributed by atoms with Gasteiger partial charge in [0.05, 0.1) is 26.4 Å². The molecule has 1 heterocycles. The molecular formula is C33H42F2N8O9. The smallest absolute Gasteiger partial charge is 0.497 e. The maximum Gasteiger partial charge on any atom is 0.511 e. The molecule has 2 aromatic carbocycles. The number of amides is 1. The van der Waals surface area contributed by atoms with E-state index in [0.717, 1.165) is 0 Å². The topological polar surface area (TPSA) is 234 Å². The predicted octanol–water partition coefficient (Wildman–Crippen LogP) is 4.24. The molecule has 1 amide bonds. The second kappa shape index (κ2) is 20.1. The second-order valence-electron chi connectivity index (χ2n) is 11.2. The molecule has 1 unspecified atom stereocenters. The van der Waals surface area contributed by atoms with E-state index in [1.54, 1.807) is 18.2 Å². The number of ether oxygens (including phenoxy) is 6. The van der Waals surface area contributed by atoms with Crippen molar-refractivity contribution in [3.05, 3.63) is 71.8 Å². The Kier molecular flexibility index (Phi) is 15.7. The van der Waals surface area contributed by atoms with Crippen molar-refractivity contribution in [3.8, 4) is 11.5 Å². The zero-order chi connectivity index (χ0) is 38.1. The summed E-state index contributed by atoms with van der Waals surface area (Å²) in [6.07, 6.45) is 0.0741. The van der Waals surface area contributed by atoms with Crippen LogP contribution in [0.4, 0.5) is 30.0 Å². The summed E-state index contributed by atoms with van der Waals surface area (Å²) in [5, 5.41) is 25.7. The van der Waals surface area contributed by atoms with Crippen LogP contribution in [0, 0.1) is 11.2 Å². The lowest BCUT2D eigenvalue weighted by molar-refractivity contribution is -0.0527. The number of nitrogens with zero attached hydrogens (tertiary/aromatic N) is 3. The zero-order valence-electron chi connectivity index (χ0n) is 29.0. The van der Waals surface area contributed by atoms with E-state index in [0.29, 0.717) is 17.7 Å². The summed E-state index contributed by atoms with van der Waals surface area (Å²) >= 11 is 0. The number of rotatable bonds is 17. The molecule has 0 aliphatic rings. The maximum atomic E-state index is 16.1. The molecular weight excluding hydrogens is 690 g/mol. The summed E-state index contributed by atoms with van der Waals surface area (Å²) in [6.45, 7) is 2.38. The number of carbonyl (C=O) groups excluding carboxylic acids is 2. The van der Waals surface area contributed by atoms with E-state index in [1.165, 1.54) is 57.6 Å². The summed E-state index contributed by atoms with van der Waals surface area (Å²) in [7, 11) is 1.36. The molecule has 19 heteroatoms. The first-order valence-electron chi connectivity index (χ1n) is 15.8. The van der Waals surface area contributed by atoms with Crippen LogP contribution in [0.3, 0.4) is 0 Å². The third-order valence-electron chi connectivity index (χ3n) is 6.57. The van der Waals surface area contributed by atoms with E-state index in [1.807, 2.05) is 6.92 Å². The van der Waals surface area contributed by atoms with Gasteiger partial charge in [0.25, 0.3) is 6.02 Å². The van der Waals surface area contributed by atoms with Gasteiger partial charge in [0.1, 0.15) is 36.6 Å². The predicted molar refractivity (Wildman–Crippen MR) is 185 cm³/mol. The fourth-order valence-electron chi connectivity index (χ4n) is 4.05. The number of aromatic nitrogens is 2. The Balaban J connectivity index is 1.99. The van der Waals surface area contributed by atoms with Crippen molar-refractivity contribution in [2.75, 3.05) is 51.0 Å². The first-order valence-corrected chi connectivity index (χ1v) is 15.8. The maximum absolute atomic E-state index is 16.1. The largest absolute Gasteiger partial charge is 0.511 e. The van der Waals surface area contributed by atoms with Gasteiger partial charge in [-0.25, -0.2) is 33.3 Å². The number of anilines is 2. The second-order valence-corrected chi connectivity index (χ2v) is 11.2. The van der Waals surface area contributed by atoms with Crippen molar-refractivity contribution < 1.29 is 51.9 Å². The Bertz CT molecular complexity index is 1650. The molecule has 0 radical (unpaired) electrons. The fourth-order valence-corrected chi connectivity index (χ4v) is 4.05. The number of benzene rings is 2. The van der Waals surface area contributed by atoms with Crippen molar-refractivity contribution >= 4 is 35.7 Å². The number of aliphatic hydroxyl groups is 1. The van der Waals surface area contributed by atoms with Crippen LogP contribution in [0.1, 0.15) is 44.4 Å². The van der Waals surface area contributed by atoms with Crippen molar-refractivity contribution in [1.82, 2.24) is 15.3 Å².